The van der Waals surface area contributed by atoms with Crippen LogP contribution >= 0.6 is 34.8 Å². The van der Waals surface area contributed by atoms with Gasteiger partial charge in [-0.05, 0) is 31.2 Å². The Morgan fingerprint density at radius 1 is 1.17 bits per heavy atom. The summed E-state index contributed by atoms with van der Waals surface area (Å²) in [6.07, 6.45) is 0.295. The van der Waals surface area contributed by atoms with Gasteiger partial charge in [0.1, 0.15) is 5.69 Å². The Labute approximate surface area is 147 Å². The highest BCUT2D eigenvalue weighted by Gasteiger charge is 2.21. The molecule has 0 unspecified atom stereocenters. The largest absolute Gasteiger partial charge is 0.448 e. The molecule has 1 aromatic heterocycles. The lowest BCUT2D eigenvalue weighted by Gasteiger charge is -2.14. The molecule has 0 saturated heterocycles. The first-order chi connectivity index (χ1) is 10.9. The number of para-hydroxylation sites is 1. The second-order valence-electron chi connectivity index (χ2n) is 4.49. The van der Waals surface area contributed by atoms with Crippen molar-refractivity contribution in [1.29, 1.82) is 0 Å². The Kier molecular flexibility index (Phi) is 5.82. The van der Waals surface area contributed by atoms with E-state index in [2.05, 4.69) is 10.3 Å². The molecule has 120 valence electrons. The van der Waals surface area contributed by atoms with Crippen LogP contribution in [0, 0.1) is 0 Å². The molecule has 0 radical (unpaired) electrons. The van der Waals surface area contributed by atoms with Gasteiger partial charge in [0.2, 0.25) is 0 Å². The van der Waals surface area contributed by atoms with E-state index in [9.17, 15) is 9.59 Å². The van der Waals surface area contributed by atoms with E-state index in [0.29, 0.717) is 5.02 Å². The summed E-state index contributed by atoms with van der Waals surface area (Å²) in [4.78, 5) is 27.9. The Morgan fingerprint density at radius 2 is 1.83 bits per heavy atom. The number of ether oxygens (including phenoxy) is 1. The summed E-state index contributed by atoms with van der Waals surface area (Å²) in [6.45, 7) is 1.42. The van der Waals surface area contributed by atoms with Crippen LogP contribution in [0.25, 0.3) is 0 Å². The van der Waals surface area contributed by atoms with Crippen LogP contribution in [0.3, 0.4) is 0 Å². The number of anilines is 1. The van der Waals surface area contributed by atoms with Crippen LogP contribution in [0.15, 0.2) is 36.5 Å². The van der Waals surface area contributed by atoms with Crippen molar-refractivity contribution in [3.05, 3.63) is 57.3 Å². The predicted octanol–water partition coefficient (Wildman–Crippen LogP) is 4.23. The topological polar surface area (TPSA) is 68.3 Å². The van der Waals surface area contributed by atoms with E-state index in [4.69, 9.17) is 39.5 Å². The molecule has 1 aromatic carbocycles. The molecule has 0 fully saturated rings. The quantitative estimate of drug-likeness (QED) is 0.815. The Morgan fingerprint density at radius 3 is 2.43 bits per heavy atom. The molecular formula is C15H11Cl3N2O3. The van der Waals surface area contributed by atoms with Crippen LogP contribution in [0.5, 0.6) is 0 Å². The van der Waals surface area contributed by atoms with Gasteiger partial charge >= 0.3 is 5.97 Å². The molecular weight excluding hydrogens is 363 g/mol. The fourth-order valence-corrected chi connectivity index (χ4v) is 2.28. The fourth-order valence-electron chi connectivity index (χ4n) is 1.63. The van der Waals surface area contributed by atoms with Gasteiger partial charge in [0.15, 0.2) is 6.10 Å². The molecule has 1 atom stereocenters. The van der Waals surface area contributed by atoms with Crippen molar-refractivity contribution in [3.63, 3.8) is 0 Å². The second kappa shape index (κ2) is 7.64. The Hall–Kier alpha value is -1.82. The monoisotopic (exact) mass is 372 g/mol. The maximum Gasteiger partial charge on any atom is 0.357 e. The third-order valence-corrected chi connectivity index (χ3v) is 3.66. The molecule has 2 rings (SSSR count). The van der Waals surface area contributed by atoms with E-state index < -0.39 is 18.0 Å². The van der Waals surface area contributed by atoms with Gasteiger partial charge in [-0.25, -0.2) is 9.78 Å². The lowest BCUT2D eigenvalue weighted by Crippen LogP contribution is -2.30. The number of esters is 1. The van der Waals surface area contributed by atoms with Crippen molar-refractivity contribution in [3.8, 4) is 0 Å². The van der Waals surface area contributed by atoms with Gasteiger partial charge in [0.25, 0.3) is 5.91 Å². The van der Waals surface area contributed by atoms with Gasteiger partial charge < -0.3 is 10.1 Å². The van der Waals surface area contributed by atoms with Crippen molar-refractivity contribution < 1.29 is 14.3 Å². The highest BCUT2D eigenvalue weighted by molar-refractivity contribution is 6.39. The van der Waals surface area contributed by atoms with Crippen molar-refractivity contribution in [2.75, 3.05) is 5.32 Å². The van der Waals surface area contributed by atoms with Crippen LogP contribution in [-0.4, -0.2) is 23.0 Å². The average molecular weight is 374 g/mol. The smallest absolute Gasteiger partial charge is 0.357 e. The van der Waals surface area contributed by atoms with Crippen LogP contribution in [0.1, 0.15) is 17.4 Å². The lowest BCUT2D eigenvalue weighted by atomic mass is 10.3. The van der Waals surface area contributed by atoms with Gasteiger partial charge in [0, 0.05) is 11.2 Å². The van der Waals surface area contributed by atoms with Gasteiger partial charge in [-0.2, -0.15) is 0 Å². The maximum absolute atomic E-state index is 12.1. The van der Waals surface area contributed by atoms with Crippen molar-refractivity contribution >= 4 is 52.4 Å². The van der Waals surface area contributed by atoms with Crippen molar-refractivity contribution in [1.82, 2.24) is 4.98 Å². The summed E-state index contributed by atoms with van der Waals surface area (Å²) in [5.41, 5.74) is 0.262. The van der Waals surface area contributed by atoms with Gasteiger partial charge in [0.05, 0.1) is 15.7 Å². The summed E-state index contributed by atoms with van der Waals surface area (Å²) in [7, 11) is 0. The first kappa shape index (κ1) is 17.5. The summed E-state index contributed by atoms with van der Waals surface area (Å²) in [5, 5.41) is 3.42. The summed E-state index contributed by atoms with van der Waals surface area (Å²) in [5.74, 6) is -1.34. The highest BCUT2D eigenvalue weighted by Crippen LogP contribution is 2.29. The number of rotatable bonds is 4. The average Bonchev–Trinajstić information content (AvgIpc) is 2.50. The molecule has 8 heteroatoms. The molecule has 1 heterocycles. The van der Waals surface area contributed by atoms with Crippen LogP contribution < -0.4 is 5.32 Å². The first-order valence-corrected chi connectivity index (χ1v) is 7.59. The molecule has 0 aliphatic carbocycles. The van der Waals surface area contributed by atoms with E-state index in [1.165, 1.54) is 25.3 Å². The molecule has 23 heavy (non-hydrogen) atoms. The number of hydrogen-bond donors (Lipinski definition) is 1. The number of carbonyl (C=O) groups excluding carboxylic acids is 2. The van der Waals surface area contributed by atoms with Crippen molar-refractivity contribution in [2.45, 2.75) is 13.0 Å². The number of nitrogens with zero attached hydrogens (tertiary/aromatic N) is 1. The number of nitrogens with one attached hydrogen (secondary N) is 1. The summed E-state index contributed by atoms with van der Waals surface area (Å²) in [6, 6.07) is 7.67. The van der Waals surface area contributed by atoms with Gasteiger partial charge in [-0.3, -0.25) is 4.79 Å². The summed E-state index contributed by atoms with van der Waals surface area (Å²) >= 11 is 17.7. The minimum absolute atomic E-state index is 0.00734. The molecule has 0 saturated carbocycles. The van der Waals surface area contributed by atoms with Crippen molar-refractivity contribution in [2.24, 2.45) is 0 Å². The first-order valence-electron chi connectivity index (χ1n) is 6.46. The minimum Gasteiger partial charge on any atom is -0.448 e. The highest BCUT2D eigenvalue weighted by atomic mass is 35.5. The standard InChI is InChI=1S/C15H11Cl3N2O3/c1-8(23-15(22)12-7-9(16)5-6-19-12)14(21)20-13-10(17)3-2-4-11(13)18/h2-8H,1H3,(H,20,21)/t8-/m1/s1. The lowest BCUT2D eigenvalue weighted by molar-refractivity contribution is -0.123. The number of pyridine rings is 1. The zero-order valence-electron chi connectivity index (χ0n) is 11.8. The van der Waals surface area contributed by atoms with Gasteiger partial charge in [-0.15, -0.1) is 0 Å². The molecule has 5 nitrogen and oxygen atoms in total. The molecule has 2 aromatic rings. The predicted molar refractivity (Wildman–Crippen MR) is 89.2 cm³/mol. The molecule has 0 aliphatic heterocycles. The second-order valence-corrected chi connectivity index (χ2v) is 5.74. The zero-order valence-corrected chi connectivity index (χ0v) is 14.1. The molecule has 0 aliphatic rings. The minimum atomic E-state index is -1.07. The van der Waals surface area contributed by atoms with E-state index in [1.807, 2.05) is 0 Å². The SMILES string of the molecule is C[C@@H](OC(=O)c1cc(Cl)ccn1)C(=O)Nc1c(Cl)cccc1Cl. The van der Waals surface area contributed by atoms with E-state index in [1.54, 1.807) is 18.2 Å². The number of carbonyl (C=O) groups is 2. The normalized spacial score (nSPS) is 11.7. The number of benzene rings is 1. The van der Waals surface area contributed by atoms with Crippen LogP contribution in [0.2, 0.25) is 15.1 Å². The van der Waals surface area contributed by atoms with Crippen LogP contribution in [0.4, 0.5) is 5.69 Å². The molecule has 1 amide bonds. The number of hydrogen-bond acceptors (Lipinski definition) is 4. The summed E-state index contributed by atoms with van der Waals surface area (Å²) < 4.78 is 5.05. The van der Waals surface area contributed by atoms with Crippen LogP contribution in [-0.2, 0) is 9.53 Å². The maximum atomic E-state index is 12.1. The Balaban J connectivity index is 2.04. The van der Waals surface area contributed by atoms with E-state index in [-0.39, 0.29) is 21.4 Å². The number of amides is 1. The van der Waals surface area contributed by atoms with E-state index in [0.717, 1.165) is 0 Å². The van der Waals surface area contributed by atoms with E-state index >= 15 is 0 Å². The third-order valence-electron chi connectivity index (χ3n) is 2.80. The Bertz CT molecular complexity index is 732. The zero-order chi connectivity index (χ0) is 17.0. The fraction of sp³-hybridized carbons (Fsp3) is 0.133. The number of halogens is 3. The molecule has 0 bridgehead atoms. The molecule has 1 N–H and O–H groups in total. The number of aromatic nitrogens is 1. The molecule has 0 spiro atoms. The van der Waals surface area contributed by atoms with Gasteiger partial charge in [-0.1, -0.05) is 40.9 Å². The third kappa shape index (κ3) is 4.58.